The third-order valence-corrected chi connectivity index (χ3v) is 3.94. The lowest BCUT2D eigenvalue weighted by Gasteiger charge is -2.05. The molecule has 2 rings (SSSR count). The normalized spacial score (nSPS) is 9.81. The van der Waals surface area contributed by atoms with Crippen LogP contribution in [0.2, 0.25) is 4.34 Å². The molecule has 1 amide bonds. The van der Waals surface area contributed by atoms with Gasteiger partial charge in [-0.2, -0.15) is 0 Å². The van der Waals surface area contributed by atoms with E-state index in [1.54, 1.807) is 6.07 Å². The fourth-order valence-corrected chi connectivity index (χ4v) is 2.79. The van der Waals surface area contributed by atoms with Crippen LogP contribution >= 0.6 is 22.9 Å². The zero-order valence-corrected chi connectivity index (χ0v) is 12.7. The second-order valence-electron chi connectivity index (χ2n) is 4.09. The van der Waals surface area contributed by atoms with Gasteiger partial charge in [0.15, 0.2) is 0 Å². The number of hydrogen-bond acceptors (Lipinski definition) is 4. The monoisotopic (exact) mass is 320 g/mol. The summed E-state index contributed by atoms with van der Waals surface area (Å²) in [5.74, 6) is 5.03. The Morgan fingerprint density at radius 3 is 3.00 bits per heavy atom. The Bertz CT molecular complexity index is 688. The van der Waals surface area contributed by atoms with Crippen molar-refractivity contribution in [2.45, 2.75) is 6.42 Å². The number of nitrogens with zero attached hydrogens (tertiary/aromatic N) is 1. The molecule has 0 aliphatic rings. The smallest absolute Gasteiger partial charge is 0.252 e. The van der Waals surface area contributed by atoms with Gasteiger partial charge >= 0.3 is 0 Å². The molecular weight excluding hydrogens is 308 g/mol. The summed E-state index contributed by atoms with van der Waals surface area (Å²) in [5, 5.41) is 11.6. The predicted octanol–water partition coefficient (Wildman–Crippen LogP) is 2.11. The Hall–Kier alpha value is -1.87. The largest absolute Gasteiger partial charge is 0.384 e. The van der Waals surface area contributed by atoms with E-state index in [-0.39, 0.29) is 12.5 Å². The quantitative estimate of drug-likeness (QED) is 0.848. The van der Waals surface area contributed by atoms with E-state index in [0.29, 0.717) is 17.7 Å². The van der Waals surface area contributed by atoms with E-state index in [9.17, 15) is 4.79 Å². The summed E-state index contributed by atoms with van der Waals surface area (Å²) in [7, 11) is 0. The molecule has 0 aliphatic heterocycles. The highest BCUT2D eigenvalue weighted by Gasteiger charge is 2.09. The second kappa shape index (κ2) is 7.79. The number of nitrogens with one attached hydrogen (secondary N) is 1. The van der Waals surface area contributed by atoms with Gasteiger partial charge in [0.05, 0.1) is 15.5 Å². The van der Waals surface area contributed by atoms with Crippen LogP contribution in [0.1, 0.15) is 20.8 Å². The molecule has 2 aromatic heterocycles. The molecule has 0 aromatic carbocycles. The molecule has 0 spiro atoms. The minimum atomic E-state index is -0.255. The molecule has 2 aromatic rings. The van der Waals surface area contributed by atoms with Crippen LogP contribution < -0.4 is 5.32 Å². The molecule has 0 radical (unpaired) electrons. The maximum Gasteiger partial charge on any atom is 0.252 e. The first kappa shape index (κ1) is 15.5. The lowest BCUT2D eigenvalue weighted by atomic mass is 10.1. The summed E-state index contributed by atoms with van der Waals surface area (Å²) in [4.78, 5) is 17.2. The Kier molecular flexibility index (Phi) is 5.76. The van der Waals surface area contributed by atoms with E-state index < -0.39 is 0 Å². The van der Waals surface area contributed by atoms with Crippen molar-refractivity contribution in [3.05, 3.63) is 50.9 Å². The topological polar surface area (TPSA) is 62.2 Å². The molecule has 108 valence electrons. The van der Waals surface area contributed by atoms with E-state index in [0.717, 1.165) is 15.6 Å². The number of thiophene rings is 1. The van der Waals surface area contributed by atoms with E-state index in [1.165, 1.54) is 23.7 Å². The van der Waals surface area contributed by atoms with Crippen LogP contribution in [-0.4, -0.2) is 29.1 Å². The van der Waals surface area contributed by atoms with Crippen molar-refractivity contribution in [3.8, 4) is 11.8 Å². The first-order valence-corrected chi connectivity index (χ1v) is 7.46. The first-order valence-electron chi connectivity index (χ1n) is 6.27. The Labute approximate surface area is 131 Å². The molecule has 0 bridgehead atoms. The first-order chi connectivity index (χ1) is 10.2. The van der Waals surface area contributed by atoms with Gasteiger partial charge in [-0.15, -0.1) is 11.3 Å². The van der Waals surface area contributed by atoms with Gasteiger partial charge in [0.25, 0.3) is 5.91 Å². The van der Waals surface area contributed by atoms with Crippen molar-refractivity contribution in [2.75, 3.05) is 13.2 Å². The van der Waals surface area contributed by atoms with E-state index >= 15 is 0 Å². The maximum absolute atomic E-state index is 12.1. The van der Waals surface area contributed by atoms with E-state index in [1.807, 2.05) is 12.1 Å². The molecule has 0 saturated carbocycles. The Morgan fingerprint density at radius 1 is 1.43 bits per heavy atom. The molecule has 0 saturated heterocycles. The standard InChI is InChI=1S/C15H13ClN2O2S/c16-14-4-3-12(21-14)5-8-18-15(20)13-6-7-17-10-11(13)2-1-9-19/h3-4,6-7,10,19H,5,8-9H2,(H,18,20). The van der Waals surface area contributed by atoms with Gasteiger partial charge in [-0.3, -0.25) is 9.78 Å². The van der Waals surface area contributed by atoms with E-state index in [4.69, 9.17) is 16.7 Å². The number of carbonyl (C=O) groups excluding carboxylic acids is 1. The number of aromatic nitrogens is 1. The summed E-state index contributed by atoms with van der Waals surface area (Å²) >= 11 is 7.36. The third kappa shape index (κ3) is 4.57. The fourth-order valence-electron chi connectivity index (χ4n) is 1.71. The zero-order chi connectivity index (χ0) is 15.1. The average molecular weight is 321 g/mol. The number of pyridine rings is 1. The predicted molar refractivity (Wildman–Crippen MR) is 83.6 cm³/mol. The van der Waals surface area contributed by atoms with Gasteiger partial charge in [-0.25, -0.2) is 0 Å². The highest BCUT2D eigenvalue weighted by Crippen LogP contribution is 2.21. The molecule has 0 atom stereocenters. The van der Waals surface area contributed by atoms with Crippen molar-refractivity contribution in [2.24, 2.45) is 0 Å². The lowest BCUT2D eigenvalue weighted by Crippen LogP contribution is -2.26. The van der Waals surface area contributed by atoms with Crippen LogP contribution in [0.3, 0.4) is 0 Å². The summed E-state index contributed by atoms with van der Waals surface area (Å²) in [6, 6.07) is 5.40. The number of halogens is 1. The third-order valence-electron chi connectivity index (χ3n) is 2.65. The average Bonchev–Trinajstić information content (AvgIpc) is 2.91. The summed E-state index contributed by atoms with van der Waals surface area (Å²) in [6.07, 6.45) is 3.78. The molecule has 0 fully saturated rings. The van der Waals surface area contributed by atoms with Gasteiger partial charge in [0.2, 0.25) is 0 Å². The molecule has 2 heterocycles. The van der Waals surface area contributed by atoms with E-state index in [2.05, 4.69) is 22.1 Å². The number of amides is 1. The van der Waals surface area contributed by atoms with Gasteiger partial charge in [-0.1, -0.05) is 23.4 Å². The van der Waals surface area contributed by atoms with Crippen molar-refractivity contribution < 1.29 is 9.90 Å². The van der Waals surface area contributed by atoms with Gasteiger partial charge in [0.1, 0.15) is 6.61 Å². The van der Waals surface area contributed by atoms with Crippen molar-refractivity contribution in [1.29, 1.82) is 0 Å². The highest BCUT2D eigenvalue weighted by atomic mass is 35.5. The molecule has 21 heavy (non-hydrogen) atoms. The molecule has 0 aliphatic carbocycles. The SMILES string of the molecule is O=C(NCCc1ccc(Cl)s1)c1ccncc1C#CCO. The van der Waals surface area contributed by atoms with Gasteiger partial charge in [0, 0.05) is 23.8 Å². The summed E-state index contributed by atoms with van der Waals surface area (Å²) in [6.45, 7) is 0.264. The lowest BCUT2D eigenvalue weighted by molar-refractivity contribution is 0.0954. The van der Waals surface area contributed by atoms with Crippen LogP contribution in [0.15, 0.2) is 30.6 Å². The number of rotatable bonds is 4. The number of hydrogen-bond donors (Lipinski definition) is 2. The summed E-state index contributed by atoms with van der Waals surface area (Å²) in [5.41, 5.74) is 0.957. The molecule has 2 N–H and O–H groups in total. The Morgan fingerprint density at radius 2 is 2.29 bits per heavy atom. The van der Waals surface area contributed by atoms with Crippen LogP contribution in [0, 0.1) is 11.8 Å². The zero-order valence-electron chi connectivity index (χ0n) is 11.1. The minimum Gasteiger partial charge on any atom is -0.384 e. The van der Waals surface area contributed by atoms with Crippen molar-refractivity contribution in [1.82, 2.24) is 10.3 Å². The summed E-state index contributed by atoms with van der Waals surface area (Å²) < 4.78 is 0.743. The number of carbonyl (C=O) groups is 1. The van der Waals surface area contributed by atoms with Gasteiger partial charge < -0.3 is 10.4 Å². The Balaban J connectivity index is 1.97. The minimum absolute atomic E-state index is 0.206. The van der Waals surface area contributed by atoms with Crippen molar-refractivity contribution in [3.63, 3.8) is 0 Å². The maximum atomic E-state index is 12.1. The highest BCUT2D eigenvalue weighted by molar-refractivity contribution is 7.16. The fraction of sp³-hybridized carbons (Fsp3) is 0.200. The molecule has 0 unspecified atom stereocenters. The van der Waals surface area contributed by atoms with Gasteiger partial charge in [-0.05, 0) is 24.6 Å². The molecular formula is C15H13ClN2O2S. The number of aliphatic hydroxyl groups is 1. The van der Waals surface area contributed by atoms with Crippen LogP contribution in [0.5, 0.6) is 0 Å². The number of aliphatic hydroxyl groups excluding tert-OH is 1. The molecule has 4 nitrogen and oxygen atoms in total. The molecule has 6 heteroatoms. The van der Waals surface area contributed by atoms with Crippen LogP contribution in [0.25, 0.3) is 0 Å². The second-order valence-corrected chi connectivity index (χ2v) is 5.89. The van der Waals surface area contributed by atoms with Crippen LogP contribution in [-0.2, 0) is 6.42 Å². The van der Waals surface area contributed by atoms with Crippen molar-refractivity contribution >= 4 is 28.8 Å². The van der Waals surface area contributed by atoms with Crippen LogP contribution in [0.4, 0.5) is 0 Å².